The van der Waals surface area contributed by atoms with Crippen LogP contribution in [0.15, 0.2) is 24.4 Å². The summed E-state index contributed by atoms with van der Waals surface area (Å²) in [5.74, 6) is 0.839. The van der Waals surface area contributed by atoms with Gasteiger partial charge >= 0.3 is 0 Å². The molecule has 0 spiro atoms. The first-order chi connectivity index (χ1) is 6.74. The average molecular weight is 207 g/mol. The van der Waals surface area contributed by atoms with E-state index >= 15 is 0 Å². The van der Waals surface area contributed by atoms with Crippen LogP contribution in [0.2, 0.25) is 0 Å². The topological polar surface area (TPSA) is 30.0 Å². The van der Waals surface area contributed by atoms with Gasteiger partial charge in [-0.1, -0.05) is 18.2 Å². The van der Waals surface area contributed by atoms with Crippen molar-refractivity contribution in [3.63, 3.8) is 0 Å². The van der Waals surface area contributed by atoms with Crippen molar-refractivity contribution in [2.75, 3.05) is 5.75 Å². The molecule has 0 atom stereocenters. The maximum atomic E-state index is 10.9. The molecule has 1 heterocycles. The molecule has 0 aliphatic carbocycles. The summed E-state index contributed by atoms with van der Waals surface area (Å²) in [7, 11) is 0. The monoisotopic (exact) mass is 207 g/mol. The van der Waals surface area contributed by atoms with E-state index in [4.69, 9.17) is 0 Å². The SMILES string of the molecule is CC(=O)c1ccc(C=CCCS)cn1. The van der Waals surface area contributed by atoms with Crippen LogP contribution in [0, 0.1) is 0 Å². The molecule has 0 bridgehead atoms. The largest absolute Gasteiger partial charge is 0.293 e. The molecule has 0 radical (unpaired) electrons. The molecule has 3 heteroatoms. The molecule has 2 nitrogen and oxygen atoms in total. The van der Waals surface area contributed by atoms with E-state index in [0.29, 0.717) is 5.69 Å². The third-order valence-electron chi connectivity index (χ3n) is 1.75. The first-order valence-corrected chi connectivity index (χ1v) is 5.11. The number of carbonyl (C=O) groups excluding carboxylic acids is 1. The second-order valence-electron chi connectivity index (χ2n) is 2.95. The highest BCUT2D eigenvalue weighted by Gasteiger charge is 1.98. The maximum absolute atomic E-state index is 10.9. The molecule has 1 aromatic heterocycles. The Bertz CT molecular complexity index is 330. The molecular formula is C11H13NOS. The zero-order valence-corrected chi connectivity index (χ0v) is 9.00. The van der Waals surface area contributed by atoms with Crippen molar-refractivity contribution in [1.82, 2.24) is 4.98 Å². The van der Waals surface area contributed by atoms with E-state index in [1.807, 2.05) is 18.2 Å². The van der Waals surface area contributed by atoms with Gasteiger partial charge in [0.25, 0.3) is 0 Å². The minimum atomic E-state index is -0.00381. The first-order valence-electron chi connectivity index (χ1n) is 4.48. The molecule has 0 unspecified atom stereocenters. The Morgan fingerprint density at radius 1 is 1.57 bits per heavy atom. The van der Waals surface area contributed by atoms with Crippen molar-refractivity contribution in [1.29, 1.82) is 0 Å². The molecule has 0 aromatic carbocycles. The van der Waals surface area contributed by atoms with Gasteiger partial charge in [-0.15, -0.1) is 0 Å². The van der Waals surface area contributed by atoms with E-state index in [9.17, 15) is 4.79 Å². The molecule has 0 aliphatic rings. The number of hydrogen-bond donors (Lipinski definition) is 1. The van der Waals surface area contributed by atoms with E-state index in [2.05, 4.69) is 17.6 Å². The van der Waals surface area contributed by atoms with Crippen molar-refractivity contribution in [3.8, 4) is 0 Å². The van der Waals surface area contributed by atoms with E-state index in [0.717, 1.165) is 17.7 Å². The van der Waals surface area contributed by atoms with Crippen molar-refractivity contribution < 1.29 is 4.79 Å². The number of aromatic nitrogens is 1. The van der Waals surface area contributed by atoms with Crippen molar-refractivity contribution >= 4 is 24.5 Å². The van der Waals surface area contributed by atoms with Crippen LogP contribution in [0.5, 0.6) is 0 Å². The van der Waals surface area contributed by atoms with Crippen LogP contribution < -0.4 is 0 Å². The Labute approximate surface area is 89.5 Å². The number of rotatable bonds is 4. The van der Waals surface area contributed by atoms with E-state index in [1.54, 1.807) is 12.3 Å². The number of carbonyl (C=O) groups is 1. The molecule has 1 aromatic rings. The number of pyridine rings is 1. The van der Waals surface area contributed by atoms with E-state index in [1.165, 1.54) is 6.92 Å². The standard InChI is InChI=1S/C11H13NOS/c1-9(13)11-6-5-10(8-12-11)4-2-3-7-14/h2,4-6,8,14H,3,7H2,1H3. The lowest BCUT2D eigenvalue weighted by atomic mass is 10.2. The van der Waals surface area contributed by atoms with Gasteiger partial charge in [0.05, 0.1) is 0 Å². The summed E-state index contributed by atoms with van der Waals surface area (Å²) in [5, 5.41) is 0. The quantitative estimate of drug-likeness (QED) is 0.607. The third kappa shape index (κ3) is 3.34. The van der Waals surface area contributed by atoms with Crippen molar-refractivity contribution in [2.45, 2.75) is 13.3 Å². The fraction of sp³-hybridized carbons (Fsp3) is 0.273. The smallest absolute Gasteiger partial charge is 0.178 e. The lowest BCUT2D eigenvalue weighted by molar-refractivity contribution is 0.101. The van der Waals surface area contributed by atoms with Crippen molar-refractivity contribution in [2.24, 2.45) is 0 Å². The lowest BCUT2D eigenvalue weighted by Crippen LogP contribution is -1.95. The van der Waals surface area contributed by atoms with E-state index < -0.39 is 0 Å². The van der Waals surface area contributed by atoms with Crippen LogP contribution in [0.3, 0.4) is 0 Å². The second kappa shape index (κ2) is 5.60. The lowest BCUT2D eigenvalue weighted by Gasteiger charge is -1.95. The summed E-state index contributed by atoms with van der Waals surface area (Å²) in [6.07, 6.45) is 6.66. The minimum Gasteiger partial charge on any atom is -0.293 e. The van der Waals surface area contributed by atoms with E-state index in [-0.39, 0.29) is 5.78 Å². The summed E-state index contributed by atoms with van der Waals surface area (Å²) in [6, 6.07) is 3.63. The summed E-state index contributed by atoms with van der Waals surface area (Å²) < 4.78 is 0. The first kappa shape index (κ1) is 11.0. The maximum Gasteiger partial charge on any atom is 0.178 e. The molecular weight excluding hydrogens is 194 g/mol. The van der Waals surface area contributed by atoms with Crippen LogP contribution in [0.4, 0.5) is 0 Å². The minimum absolute atomic E-state index is 0.00381. The molecule has 0 fully saturated rings. The highest BCUT2D eigenvalue weighted by atomic mass is 32.1. The van der Waals surface area contributed by atoms with Gasteiger partial charge in [0.1, 0.15) is 5.69 Å². The summed E-state index contributed by atoms with van der Waals surface area (Å²) in [5.41, 5.74) is 1.52. The summed E-state index contributed by atoms with van der Waals surface area (Å²) >= 11 is 4.10. The predicted molar refractivity (Wildman–Crippen MR) is 61.7 cm³/mol. The zero-order valence-electron chi connectivity index (χ0n) is 8.10. The fourth-order valence-corrected chi connectivity index (χ4v) is 1.16. The molecule has 0 saturated carbocycles. The Kier molecular flexibility index (Phi) is 4.40. The summed E-state index contributed by atoms with van der Waals surface area (Å²) in [6.45, 7) is 1.51. The normalized spacial score (nSPS) is 10.7. The van der Waals surface area contributed by atoms with Crippen LogP contribution >= 0.6 is 12.6 Å². The fourth-order valence-electron chi connectivity index (χ4n) is 1.01. The number of hydrogen-bond acceptors (Lipinski definition) is 3. The molecule has 0 N–H and O–H groups in total. The van der Waals surface area contributed by atoms with Gasteiger partial charge in [-0.05, 0) is 23.8 Å². The number of Topliss-reactive ketones (excluding diaryl/α,β-unsaturated/α-hetero) is 1. The van der Waals surface area contributed by atoms with Crippen LogP contribution in [0.1, 0.15) is 29.4 Å². The number of nitrogens with zero attached hydrogens (tertiary/aromatic N) is 1. The molecule has 0 amide bonds. The third-order valence-corrected chi connectivity index (χ3v) is 2.01. The molecule has 0 aliphatic heterocycles. The van der Waals surface area contributed by atoms with Gasteiger partial charge in [-0.2, -0.15) is 12.6 Å². The summed E-state index contributed by atoms with van der Waals surface area (Å²) in [4.78, 5) is 15.0. The van der Waals surface area contributed by atoms with Crippen LogP contribution in [0.25, 0.3) is 6.08 Å². The average Bonchev–Trinajstić information content (AvgIpc) is 2.19. The van der Waals surface area contributed by atoms with Gasteiger partial charge in [-0.25, -0.2) is 0 Å². The Morgan fingerprint density at radius 2 is 2.36 bits per heavy atom. The van der Waals surface area contributed by atoms with Gasteiger partial charge in [0.15, 0.2) is 5.78 Å². The second-order valence-corrected chi connectivity index (χ2v) is 3.39. The highest BCUT2D eigenvalue weighted by molar-refractivity contribution is 7.80. The predicted octanol–water partition coefficient (Wildman–Crippen LogP) is 2.62. The number of ketones is 1. The Balaban J connectivity index is 2.68. The Hall–Kier alpha value is -1.09. The highest BCUT2D eigenvalue weighted by Crippen LogP contribution is 2.04. The Morgan fingerprint density at radius 3 is 2.86 bits per heavy atom. The zero-order chi connectivity index (χ0) is 10.4. The molecule has 0 saturated heterocycles. The molecule has 74 valence electrons. The van der Waals surface area contributed by atoms with Gasteiger partial charge in [-0.3, -0.25) is 9.78 Å². The van der Waals surface area contributed by atoms with Gasteiger partial charge < -0.3 is 0 Å². The molecule has 1 rings (SSSR count). The van der Waals surface area contributed by atoms with Gasteiger partial charge in [0.2, 0.25) is 0 Å². The van der Waals surface area contributed by atoms with Crippen LogP contribution in [-0.4, -0.2) is 16.5 Å². The van der Waals surface area contributed by atoms with Gasteiger partial charge in [0, 0.05) is 13.1 Å². The number of allylic oxidation sites excluding steroid dienone is 1. The van der Waals surface area contributed by atoms with Crippen molar-refractivity contribution in [3.05, 3.63) is 35.7 Å². The van der Waals surface area contributed by atoms with Crippen LogP contribution in [-0.2, 0) is 0 Å². The molecule has 14 heavy (non-hydrogen) atoms. The number of thiol groups is 1.